The number of esters is 1. The maximum atomic E-state index is 12.3. The van der Waals surface area contributed by atoms with Crippen LogP contribution in [-0.4, -0.2) is 34.2 Å². The monoisotopic (exact) mass is 310 g/mol. The van der Waals surface area contributed by atoms with E-state index in [-0.39, 0.29) is 12.1 Å². The van der Waals surface area contributed by atoms with Crippen molar-refractivity contribution in [3.63, 3.8) is 0 Å². The fraction of sp³-hybridized carbons (Fsp3) is 0.316. The molecule has 3 rings (SSSR count). The average molecular weight is 310 g/mol. The molecule has 0 radical (unpaired) electrons. The lowest BCUT2D eigenvalue weighted by Crippen LogP contribution is -2.10. The number of carbonyl (C=O) groups is 1. The highest BCUT2D eigenvalue weighted by Gasteiger charge is 2.33. The molecule has 2 aromatic rings. The summed E-state index contributed by atoms with van der Waals surface area (Å²) in [4.78, 5) is 16.3. The Kier molecular flexibility index (Phi) is 3.76. The Labute approximate surface area is 137 Å². The van der Waals surface area contributed by atoms with E-state index >= 15 is 0 Å². The number of hydrogen-bond acceptors (Lipinski definition) is 4. The molecule has 1 unspecified atom stereocenters. The van der Waals surface area contributed by atoms with Gasteiger partial charge in [0.25, 0.3) is 0 Å². The maximum absolute atomic E-state index is 12.3. The molecule has 0 saturated heterocycles. The predicted molar refractivity (Wildman–Crippen MR) is 93.5 cm³/mol. The van der Waals surface area contributed by atoms with Crippen LogP contribution >= 0.6 is 0 Å². The van der Waals surface area contributed by atoms with E-state index in [1.54, 1.807) is 0 Å². The number of nitrogens with zero attached hydrogens (tertiary/aromatic N) is 2. The molecule has 0 amide bonds. The van der Waals surface area contributed by atoms with E-state index in [0.29, 0.717) is 5.56 Å². The van der Waals surface area contributed by atoms with Gasteiger partial charge in [0.2, 0.25) is 0 Å². The minimum atomic E-state index is -0.315. The standard InChI is InChI=1S/C19H22N2O2/c1-12-10-13(20(2)3)6-8-15(12)18-16-9-7-14(21(4)5)11-17(16)19(22)23-18/h6-11,18H,1-5H3. The van der Waals surface area contributed by atoms with Gasteiger partial charge in [0.1, 0.15) is 0 Å². The smallest absolute Gasteiger partial charge is 0.339 e. The molecule has 0 aromatic heterocycles. The lowest BCUT2D eigenvalue weighted by atomic mass is 9.95. The van der Waals surface area contributed by atoms with Gasteiger partial charge in [-0.05, 0) is 36.8 Å². The van der Waals surface area contributed by atoms with Crippen molar-refractivity contribution < 1.29 is 9.53 Å². The van der Waals surface area contributed by atoms with Gasteiger partial charge in [0, 0.05) is 50.7 Å². The normalized spacial score (nSPS) is 16.0. The van der Waals surface area contributed by atoms with Gasteiger partial charge >= 0.3 is 5.97 Å². The van der Waals surface area contributed by atoms with Gasteiger partial charge in [0.15, 0.2) is 6.10 Å². The molecule has 1 atom stereocenters. The third kappa shape index (κ3) is 2.65. The Morgan fingerprint density at radius 1 is 0.870 bits per heavy atom. The summed E-state index contributed by atoms with van der Waals surface area (Å²) in [6, 6.07) is 12.2. The van der Waals surface area contributed by atoms with Gasteiger partial charge in [-0.15, -0.1) is 0 Å². The zero-order valence-corrected chi connectivity index (χ0v) is 14.3. The number of aryl methyl sites for hydroxylation is 1. The first kappa shape index (κ1) is 15.4. The Hall–Kier alpha value is -2.49. The number of cyclic esters (lactones) is 1. The second kappa shape index (κ2) is 5.61. The van der Waals surface area contributed by atoms with Gasteiger partial charge in [0.05, 0.1) is 5.56 Å². The molecule has 0 N–H and O–H groups in total. The van der Waals surface area contributed by atoms with E-state index in [2.05, 4.69) is 30.0 Å². The summed E-state index contributed by atoms with van der Waals surface area (Å²) in [6.07, 6.45) is -0.315. The maximum Gasteiger partial charge on any atom is 0.339 e. The number of fused-ring (bicyclic) bond motifs is 1. The van der Waals surface area contributed by atoms with E-state index in [4.69, 9.17) is 4.74 Å². The first-order valence-electron chi connectivity index (χ1n) is 7.68. The number of carbonyl (C=O) groups excluding carboxylic acids is 1. The zero-order valence-electron chi connectivity index (χ0n) is 14.3. The summed E-state index contributed by atoms with van der Waals surface area (Å²) in [5.74, 6) is -0.246. The molecule has 23 heavy (non-hydrogen) atoms. The van der Waals surface area contributed by atoms with Gasteiger partial charge in [-0.1, -0.05) is 12.1 Å². The van der Waals surface area contributed by atoms with E-state index in [1.165, 1.54) is 0 Å². The van der Waals surface area contributed by atoms with Crippen LogP contribution in [0.2, 0.25) is 0 Å². The van der Waals surface area contributed by atoms with Crippen molar-refractivity contribution in [2.45, 2.75) is 13.0 Å². The molecule has 0 saturated carbocycles. The van der Waals surface area contributed by atoms with E-state index in [9.17, 15) is 4.79 Å². The Morgan fingerprint density at radius 2 is 1.43 bits per heavy atom. The zero-order chi connectivity index (χ0) is 16.7. The molecule has 1 aliphatic heterocycles. The third-order valence-corrected chi connectivity index (χ3v) is 4.33. The topological polar surface area (TPSA) is 32.8 Å². The highest BCUT2D eigenvalue weighted by molar-refractivity contribution is 5.95. The summed E-state index contributed by atoms with van der Waals surface area (Å²) in [6.45, 7) is 2.06. The number of hydrogen-bond donors (Lipinski definition) is 0. The van der Waals surface area contributed by atoms with E-state index < -0.39 is 0 Å². The minimum absolute atomic E-state index is 0.246. The molecule has 1 aliphatic rings. The van der Waals surface area contributed by atoms with Crippen molar-refractivity contribution in [3.05, 3.63) is 58.7 Å². The average Bonchev–Trinajstić information content (AvgIpc) is 2.83. The molecular formula is C19H22N2O2. The quantitative estimate of drug-likeness (QED) is 0.814. The minimum Gasteiger partial charge on any atom is -0.449 e. The summed E-state index contributed by atoms with van der Waals surface area (Å²) < 4.78 is 5.66. The fourth-order valence-electron chi connectivity index (χ4n) is 2.93. The van der Waals surface area contributed by atoms with Crippen LogP contribution in [0.15, 0.2) is 36.4 Å². The van der Waals surface area contributed by atoms with Crippen LogP contribution in [0, 0.1) is 6.92 Å². The molecule has 1 heterocycles. The van der Waals surface area contributed by atoms with Crippen molar-refractivity contribution in [2.75, 3.05) is 38.0 Å². The summed E-state index contributed by atoms with van der Waals surface area (Å²) >= 11 is 0. The van der Waals surface area contributed by atoms with Crippen molar-refractivity contribution in [1.82, 2.24) is 0 Å². The lowest BCUT2D eigenvalue weighted by Gasteiger charge is -2.18. The molecule has 4 nitrogen and oxygen atoms in total. The van der Waals surface area contributed by atoms with Crippen LogP contribution in [0.3, 0.4) is 0 Å². The van der Waals surface area contributed by atoms with Crippen LogP contribution in [0.1, 0.15) is 33.2 Å². The van der Waals surface area contributed by atoms with Crippen LogP contribution in [0.25, 0.3) is 0 Å². The van der Waals surface area contributed by atoms with Crippen molar-refractivity contribution in [2.24, 2.45) is 0 Å². The number of rotatable bonds is 3. The van der Waals surface area contributed by atoms with Gasteiger partial charge in [-0.2, -0.15) is 0 Å². The number of benzene rings is 2. The predicted octanol–water partition coefficient (Wildman–Crippen LogP) is 3.39. The lowest BCUT2D eigenvalue weighted by molar-refractivity contribution is 0.0455. The summed E-state index contributed by atoms with van der Waals surface area (Å²) in [7, 11) is 7.96. The molecule has 120 valence electrons. The van der Waals surface area contributed by atoms with Gasteiger partial charge in [-0.3, -0.25) is 0 Å². The van der Waals surface area contributed by atoms with E-state index in [1.807, 2.05) is 51.3 Å². The number of ether oxygens (including phenoxy) is 1. The Morgan fingerprint density at radius 3 is 2.00 bits per heavy atom. The van der Waals surface area contributed by atoms with Crippen LogP contribution < -0.4 is 9.80 Å². The second-order valence-electron chi connectivity index (χ2n) is 6.39. The number of anilines is 2. The second-order valence-corrected chi connectivity index (χ2v) is 6.39. The van der Waals surface area contributed by atoms with Crippen LogP contribution in [-0.2, 0) is 4.74 Å². The van der Waals surface area contributed by atoms with E-state index in [0.717, 1.165) is 28.1 Å². The molecular weight excluding hydrogens is 288 g/mol. The molecule has 0 bridgehead atoms. The van der Waals surface area contributed by atoms with Crippen molar-refractivity contribution in [1.29, 1.82) is 0 Å². The van der Waals surface area contributed by atoms with Crippen LogP contribution in [0.5, 0.6) is 0 Å². The third-order valence-electron chi connectivity index (χ3n) is 4.33. The Bertz CT molecular complexity index is 766. The molecule has 0 aliphatic carbocycles. The molecule has 4 heteroatoms. The molecule has 0 fully saturated rings. The van der Waals surface area contributed by atoms with Gasteiger partial charge in [-0.25, -0.2) is 4.79 Å². The SMILES string of the molecule is Cc1cc(N(C)C)ccc1C1OC(=O)c2cc(N(C)C)ccc21. The largest absolute Gasteiger partial charge is 0.449 e. The first-order chi connectivity index (χ1) is 10.9. The highest BCUT2D eigenvalue weighted by atomic mass is 16.5. The van der Waals surface area contributed by atoms with Crippen LogP contribution in [0.4, 0.5) is 11.4 Å². The van der Waals surface area contributed by atoms with Gasteiger partial charge < -0.3 is 14.5 Å². The Balaban J connectivity index is 2.03. The van der Waals surface area contributed by atoms with Crippen molar-refractivity contribution in [3.8, 4) is 0 Å². The van der Waals surface area contributed by atoms with Crippen molar-refractivity contribution >= 4 is 17.3 Å². The fourth-order valence-corrected chi connectivity index (χ4v) is 2.93. The molecule has 0 spiro atoms. The summed E-state index contributed by atoms with van der Waals surface area (Å²) in [5.41, 5.74) is 5.91. The first-order valence-corrected chi connectivity index (χ1v) is 7.68. The highest BCUT2D eigenvalue weighted by Crippen LogP contribution is 2.39. The summed E-state index contributed by atoms with van der Waals surface area (Å²) in [5, 5.41) is 0. The molecule has 2 aromatic carbocycles.